The van der Waals surface area contributed by atoms with Crippen molar-refractivity contribution in [2.75, 3.05) is 0 Å². The first-order valence-corrected chi connectivity index (χ1v) is 8.40. The molecule has 2 atom stereocenters. The van der Waals surface area contributed by atoms with Crippen molar-refractivity contribution in [1.82, 2.24) is 5.32 Å². The Morgan fingerprint density at radius 1 is 1.21 bits per heavy atom. The van der Waals surface area contributed by atoms with Crippen LogP contribution in [0.25, 0.3) is 0 Å². The fourth-order valence-corrected chi connectivity index (χ4v) is 3.38. The molecule has 1 nitrogen and oxygen atoms in total. The maximum Gasteiger partial charge on any atom is 0.0320 e. The van der Waals surface area contributed by atoms with Crippen LogP contribution in [-0.4, -0.2) is 6.04 Å². The fourth-order valence-electron chi connectivity index (χ4n) is 2.28. The second kappa shape index (κ2) is 7.22. The average Bonchev–Trinajstić information content (AvgIpc) is 2.90. The maximum absolute atomic E-state index is 3.73. The van der Waals surface area contributed by atoms with Gasteiger partial charge in [0.25, 0.3) is 0 Å². The highest BCUT2D eigenvalue weighted by Gasteiger charge is 2.13. The lowest BCUT2D eigenvalue weighted by molar-refractivity contribution is 0.445. The van der Waals surface area contributed by atoms with E-state index < -0.39 is 0 Å². The highest BCUT2D eigenvalue weighted by atomic mass is 79.9. The van der Waals surface area contributed by atoms with Gasteiger partial charge in [-0.25, -0.2) is 0 Å². The Morgan fingerprint density at radius 3 is 2.53 bits per heavy atom. The van der Waals surface area contributed by atoms with Crippen LogP contribution in [-0.2, 0) is 6.42 Å². The molecule has 2 aromatic rings. The first-order chi connectivity index (χ1) is 9.19. The van der Waals surface area contributed by atoms with E-state index in [0.717, 1.165) is 17.3 Å². The maximum atomic E-state index is 3.73. The molecule has 0 saturated heterocycles. The van der Waals surface area contributed by atoms with Gasteiger partial charge in [0.05, 0.1) is 0 Å². The zero-order valence-corrected chi connectivity index (χ0v) is 13.8. The monoisotopic (exact) mass is 337 g/mol. The molecule has 1 heterocycles. The predicted octanol–water partition coefficient (Wildman–Crippen LogP) is 5.18. The van der Waals surface area contributed by atoms with Gasteiger partial charge in [0, 0.05) is 21.4 Å². The second-order valence-corrected chi connectivity index (χ2v) is 6.81. The normalized spacial score (nSPS) is 14.3. The molecule has 0 aliphatic carbocycles. The summed E-state index contributed by atoms with van der Waals surface area (Å²) in [5, 5.41) is 5.88. The number of halogens is 1. The Bertz CT molecular complexity index is 478. The lowest BCUT2D eigenvalue weighted by atomic mass is 10.0. The molecule has 0 saturated carbocycles. The molecule has 102 valence electrons. The molecule has 2 rings (SSSR count). The van der Waals surface area contributed by atoms with Crippen LogP contribution in [0.2, 0.25) is 0 Å². The molecule has 0 amide bonds. The van der Waals surface area contributed by atoms with E-state index >= 15 is 0 Å². The number of hydrogen-bond acceptors (Lipinski definition) is 2. The van der Waals surface area contributed by atoms with Crippen LogP contribution in [0.15, 0.2) is 46.3 Å². The number of nitrogens with one attached hydrogen (secondary N) is 1. The van der Waals surface area contributed by atoms with E-state index in [1.807, 2.05) is 11.3 Å². The van der Waals surface area contributed by atoms with Gasteiger partial charge in [-0.1, -0.05) is 41.1 Å². The van der Waals surface area contributed by atoms with Crippen molar-refractivity contribution in [3.8, 4) is 0 Å². The Morgan fingerprint density at radius 2 is 1.95 bits per heavy atom. The largest absolute Gasteiger partial charge is 0.307 e. The zero-order chi connectivity index (χ0) is 13.7. The van der Waals surface area contributed by atoms with E-state index in [4.69, 9.17) is 0 Å². The van der Waals surface area contributed by atoms with Crippen LogP contribution in [0.3, 0.4) is 0 Å². The van der Waals surface area contributed by atoms with E-state index in [1.54, 1.807) is 0 Å². The van der Waals surface area contributed by atoms with Crippen molar-refractivity contribution in [1.29, 1.82) is 0 Å². The summed E-state index contributed by atoms with van der Waals surface area (Å²) in [6, 6.07) is 13.9. The van der Waals surface area contributed by atoms with Crippen LogP contribution in [0.4, 0.5) is 0 Å². The zero-order valence-electron chi connectivity index (χ0n) is 11.4. The minimum atomic E-state index is 0.433. The molecule has 0 spiro atoms. The van der Waals surface area contributed by atoms with Gasteiger partial charge < -0.3 is 5.32 Å². The van der Waals surface area contributed by atoms with Gasteiger partial charge in [-0.15, -0.1) is 11.3 Å². The minimum Gasteiger partial charge on any atom is -0.307 e. The Hall–Kier alpha value is -0.640. The topological polar surface area (TPSA) is 12.0 Å². The van der Waals surface area contributed by atoms with Crippen molar-refractivity contribution in [2.45, 2.75) is 38.8 Å². The number of thiophene rings is 1. The van der Waals surface area contributed by atoms with E-state index in [9.17, 15) is 0 Å². The average molecular weight is 338 g/mol. The van der Waals surface area contributed by atoms with E-state index in [1.165, 1.54) is 10.4 Å². The fraction of sp³-hybridized carbons (Fsp3) is 0.375. The molecule has 2 unspecified atom stereocenters. The van der Waals surface area contributed by atoms with E-state index in [-0.39, 0.29) is 0 Å². The van der Waals surface area contributed by atoms with Crippen molar-refractivity contribution >= 4 is 27.3 Å². The minimum absolute atomic E-state index is 0.433. The molecule has 3 heteroatoms. The standard InChI is InChI=1S/C16H20BrNS/c1-3-16(13-6-8-14(17)9-7-13)18-12(2)11-15-5-4-10-19-15/h4-10,12,16,18H,3,11H2,1-2H3. The van der Waals surface area contributed by atoms with Gasteiger partial charge in [0.15, 0.2) is 0 Å². The van der Waals surface area contributed by atoms with Crippen LogP contribution in [0.5, 0.6) is 0 Å². The summed E-state index contributed by atoms with van der Waals surface area (Å²) in [6.45, 7) is 4.50. The molecular formula is C16H20BrNS. The molecule has 0 aliphatic rings. The third-order valence-electron chi connectivity index (χ3n) is 3.25. The van der Waals surface area contributed by atoms with Gasteiger partial charge >= 0.3 is 0 Å². The quantitative estimate of drug-likeness (QED) is 0.765. The predicted molar refractivity (Wildman–Crippen MR) is 87.8 cm³/mol. The smallest absolute Gasteiger partial charge is 0.0320 e. The molecule has 0 aliphatic heterocycles. The lowest BCUT2D eigenvalue weighted by Crippen LogP contribution is -2.31. The van der Waals surface area contributed by atoms with Crippen LogP contribution in [0.1, 0.15) is 36.8 Å². The number of hydrogen-bond donors (Lipinski definition) is 1. The SMILES string of the molecule is CCC(NC(C)Cc1cccs1)c1ccc(Br)cc1. The molecular weight excluding hydrogens is 318 g/mol. The summed E-state index contributed by atoms with van der Waals surface area (Å²) in [6.07, 6.45) is 2.21. The van der Waals surface area contributed by atoms with Crippen molar-refractivity contribution < 1.29 is 0 Å². The molecule has 0 radical (unpaired) electrons. The van der Waals surface area contributed by atoms with Gasteiger partial charge in [-0.2, -0.15) is 0 Å². The summed E-state index contributed by atoms with van der Waals surface area (Å²) in [5.41, 5.74) is 1.36. The Kier molecular flexibility index (Phi) is 5.61. The Balaban J connectivity index is 1.96. The van der Waals surface area contributed by atoms with Crippen molar-refractivity contribution in [2.24, 2.45) is 0 Å². The molecule has 1 aromatic heterocycles. The molecule has 19 heavy (non-hydrogen) atoms. The van der Waals surface area contributed by atoms with Crippen LogP contribution >= 0.6 is 27.3 Å². The highest BCUT2D eigenvalue weighted by molar-refractivity contribution is 9.10. The molecule has 0 fully saturated rings. The summed E-state index contributed by atoms with van der Waals surface area (Å²) in [7, 11) is 0. The third-order valence-corrected chi connectivity index (χ3v) is 4.68. The van der Waals surface area contributed by atoms with Gasteiger partial charge in [-0.3, -0.25) is 0 Å². The third kappa shape index (κ3) is 4.44. The summed E-state index contributed by atoms with van der Waals surface area (Å²) in [4.78, 5) is 1.45. The van der Waals surface area contributed by atoms with Gasteiger partial charge in [0.2, 0.25) is 0 Å². The number of benzene rings is 1. The first-order valence-electron chi connectivity index (χ1n) is 6.73. The molecule has 1 aromatic carbocycles. The first kappa shape index (κ1) is 14.8. The molecule has 1 N–H and O–H groups in total. The summed E-state index contributed by atoms with van der Waals surface area (Å²) < 4.78 is 1.14. The number of rotatable bonds is 6. The second-order valence-electron chi connectivity index (χ2n) is 4.86. The summed E-state index contributed by atoms with van der Waals surface area (Å²) in [5.74, 6) is 0. The lowest BCUT2D eigenvalue weighted by Gasteiger charge is -2.22. The van der Waals surface area contributed by atoms with Gasteiger partial charge in [-0.05, 0) is 48.9 Å². The van der Waals surface area contributed by atoms with Crippen molar-refractivity contribution in [3.05, 3.63) is 56.7 Å². The van der Waals surface area contributed by atoms with Crippen LogP contribution in [0, 0.1) is 0 Å². The van der Waals surface area contributed by atoms with Crippen molar-refractivity contribution in [3.63, 3.8) is 0 Å². The van der Waals surface area contributed by atoms with Gasteiger partial charge in [0.1, 0.15) is 0 Å². The van der Waals surface area contributed by atoms with E-state index in [2.05, 4.69) is 76.9 Å². The van der Waals surface area contributed by atoms with Crippen LogP contribution < -0.4 is 5.32 Å². The summed E-state index contributed by atoms with van der Waals surface area (Å²) >= 11 is 5.33. The van der Waals surface area contributed by atoms with E-state index in [0.29, 0.717) is 12.1 Å². The highest BCUT2D eigenvalue weighted by Crippen LogP contribution is 2.21. The Labute approximate surface area is 128 Å². The molecule has 0 bridgehead atoms.